The number of aryl methyl sites for hydroxylation is 3. The third kappa shape index (κ3) is 3.92. The SMILES string of the molecule is COc1ccc(CCN2C(=O)c3oc4cc(C)c(C)cc4c(=O)c3[C@H]2c2ccc(C)cc2)cc1OC. The van der Waals surface area contributed by atoms with Gasteiger partial charge in [0.15, 0.2) is 16.9 Å². The Bertz CT molecular complexity index is 1530. The summed E-state index contributed by atoms with van der Waals surface area (Å²) in [5, 5.41) is 0.503. The lowest BCUT2D eigenvalue weighted by Crippen LogP contribution is -2.31. The van der Waals surface area contributed by atoms with Crippen molar-refractivity contribution >= 4 is 16.9 Å². The van der Waals surface area contributed by atoms with Gasteiger partial charge in [-0.15, -0.1) is 0 Å². The molecule has 6 heteroatoms. The van der Waals surface area contributed by atoms with Gasteiger partial charge in [-0.1, -0.05) is 35.9 Å². The maximum atomic E-state index is 13.8. The van der Waals surface area contributed by atoms with E-state index in [2.05, 4.69) is 0 Å². The fraction of sp³-hybridized carbons (Fsp3) is 0.267. The summed E-state index contributed by atoms with van der Waals surface area (Å²) in [7, 11) is 3.20. The van der Waals surface area contributed by atoms with Gasteiger partial charge in [-0.25, -0.2) is 0 Å². The Balaban J connectivity index is 1.60. The maximum absolute atomic E-state index is 13.8. The van der Waals surface area contributed by atoms with Crippen LogP contribution >= 0.6 is 0 Å². The summed E-state index contributed by atoms with van der Waals surface area (Å²) in [6.45, 7) is 6.36. The number of amides is 1. The van der Waals surface area contributed by atoms with Gasteiger partial charge in [0.1, 0.15) is 5.58 Å². The molecule has 2 heterocycles. The van der Waals surface area contributed by atoms with Crippen LogP contribution in [0, 0.1) is 20.8 Å². The van der Waals surface area contributed by atoms with E-state index in [1.54, 1.807) is 19.1 Å². The predicted molar refractivity (Wildman–Crippen MR) is 139 cm³/mol. The van der Waals surface area contributed by atoms with Crippen LogP contribution in [0.2, 0.25) is 0 Å². The van der Waals surface area contributed by atoms with Crippen LogP contribution in [-0.4, -0.2) is 31.6 Å². The van der Waals surface area contributed by atoms with Crippen LogP contribution in [0.1, 0.15) is 50.0 Å². The number of carbonyl (C=O) groups excluding carboxylic acids is 1. The zero-order valence-electron chi connectivity index (χ0n) is 21.2. The second-order valence-corrected chi connectivity index (χ2v) is 9.36. The first-order valence-corrected chi connectivity index (χ1v) is 12.0. The first-order chi connectivity index (χ1) is 17.3. The molecule has 6 nitrogen and oxygen atoms in total. The summed E-state index contributed by atoms with van der Waals surface area (Å²) in [5.74, 6) is 1.15. The van der Waals surface area contributed by atoms with Crippen molar-refractivity contribution in [1.82, 2.24) is 4.90 Å². The smallest absolute Gasteiger partial charge is 0.290 e. The number of ether oxygens (including phenoxy) is 2. The minimum absolute atomic E-state index is 0.133. The summed E-state index contributed by atoms with van der Waals surface area (Å²) in [6.07, 6.45) is 0.578. The van der Waals surface area contributed by atoms with Gasteiger partial charge >= 0.3 is 0 Å². The Hall–Kier alpha value is -4.06. The zero-order valence-corrected chi connectivity index (χ0v) is 21.2. The minimum atomic E-state index is -0.518. The van der Waals surface area contributed by atoms with E-state index in [-0.39, 0.29) is 17.1 Å². The topological polar surface area (TPSA) is 69.0 Å². The summed E-state index contributed by atoms with van der Waals surface area (Å²) in [5.41, 5.74) is 5.71. The zero-order chi connectivity index (χ0) is 25.6. The molecular weight excluding hydrogens is 454 g/mol. The van der Waals surface area contributed by atoms with E-state index in [0.717, 1.165) is 27.8 Å². The second kappa shape index (κ2) is 9.19. The number of benzene rings is 3. The number of rotatable bonds is 6. The molecule has 0 N–H and O–H groups in total. The van der Waals surface area contributed by atoms with Gasteiger partial charge in [0.25, 0.3) is 5.91 Å². The van der Waals surface area contributed by atoms with Gasteiger partial charge in [0.2, 0.25) is 5.76 Å². The van der Waals surface area contributed by atoms with Gasteiger partial charge in [-0.2, -0.15) is 0 Å². The van der Waals surface area contributed by atoms with Crippen molar-refractivity contribution in [3.8, 4) is 11.5 Å². The molecule has 0 radical (unpaired) electrons. The number of hydrogen-bond donors (Lipinski definition) is 0. The third-order valence-electron chi connectivity index (χ3n) is 7.06. The van der Waals surface area contributed by atoms with E-state index < -0.39 is 6.04 Å². The lowest BCUT2D eigenvalue weighted by atomic mass is 9.96. The summed E-state index contributed by atoms with van der Waals surface area (Å²) in [6, 6.07) is 16.9. The minimum Gasteiger partial charge on any atom is -0.493 e. The van der Waals surface area contributed by atoms with Crippen molar-refractivity contribution in [3.63, 3.8) is 0 Å². The van der Waals surface area contributed by atoms with Crippen LogP contribution in [-0.2, 0) is 6.42 Å². The molecule has 1 aliphatic rings. The Morgan fingerprint density at radius 3 is 2.25 bits per heavy atom. The molecule has 0 unspecified atom stereocenters. The van der Waals surface area contributed by atoms with Crippen molar-refractivity contribution in [1.29, 1.82) is 0 Å². The Labute approximate surface area is 210 Å². The molecule has 36 heavy (non-hydrogen) atoms. The molecule has 3 aromatic carbocycles. The van der Waals surface area contributed by atoms with E-state index in [1.807, 2.05) is 75.4 Å². The highest BCUT2D eigenvalue weighted by Crippen LogP contribution is 2.39. The monoisotopic (exact) mass is 483 g/mol. The van der Waals surface area contributed by atoms with Gasteiger partial charge in [0, 0.05) is 6.54 Å². The molecule has 1 atom stereocenters. The molecule has 4 aromatic rings. The molecule has 0 saturated heterocycles. The molecule has 1 amide bonds. The Kier molecular flexibility index (Phi) is 6.04. The molecule has 0 bridgehead atoms. The van der Waals surface area contributed by atoms with Crippen LogP contribution in [0.4, 0.5) is 0 Å². The number of hydrogen-bond acceptors (Lipinski definition) is 5. The van der Waals surface area contributed by atoms with E-state index in [1.165, 1.54) is 0 Å². The summed E-state index contributed by atoms with van der Waals surface area (Å²) in [4.78, 5) is 29.2. The highest BCUT2D eigenvalue weighted by atomic mass is 16.5. The second-order valence-electron chi connectivity index (χ2n) is 9.36. The number of fused-ring (bicyclic) bond motifs is 2. The maximum Gasteiger partial charge on any atom is 0.290 e. The van der Waals surface area contributed by atoms with E-state index in [4.69, 9.17) is 13.9 Å². The van der Waals surface area contributed by atoms with E-state index in [0.29, 0.717) is 41.0 Å². The third-order valence-corrected chi connectivity index (χ3v) is 7.06. The van der Waals surface area contributed by atoms with Crippen molar-refractivity contribution in [2.24, 2.45) is 0 Å². The van der Waals surface area contributed by atoms with Crippen molar-refractivity contribution in [3.05, 3.63) is 104 Å². The molecule has 0 spiro atoms. The summed E-state index contributed by atoms with van der Waals surface area (Å²) < 4.78 is 16.9. The molecule has 0 saturated carbocycles. The molecule has 0 aliphatic carbocycles. The predicted octanol–water partition coefficient (Wildman–Crippen LogP) is 5.52. The van der Waals surface area contributed by atoms with Crippen LogP contribution < -0.4 is 14.9 Å². The molecule has 1 aliphatic heterocycles. The largest absolute Gasteiger partial charge is 0.493 e. The lowest BCUT2D eigenvalue weighted by Gasteiger charge is -2.25. The van der Waals surface area contributed by atoms with E-state index in [9.17, 15) is 9.59 Å². The first kappa shape index (κ1) is 23.7. The van der Waals surface area contributed by atoms with Crippen molar-refractivity contribution in [2.45, 2.75) is 33.2 Å². The molecule has 5 rings (SSSR count). The number of nitrogens with zero attached hydrogens (tertiary/aromatic N) is 1. The normalized spacial score (nSPS) is 14.9. The first-order valence-electron chi connectivity index (χ1n) is 12.0. The average molecular weight is 484 g/mol. The van der Waals surface area contributed by atoms with Gasteiger partial charge in [-0.05, 0) is 73.7 Å². The van der Waals surface area contributed by atoms with Crippen LogP contribution in [0.25, 0.3) is 11.0 Å². The number of methoxy groups -OCH3 is 2. The fourth-order valence-corrected chi connectivity index (χ4v) is 4.89. The van der Waals surface area contributed by atoms with Crippen molar-refractivity contribution < 1.29 is 18.7 Å². The quantitative estimate of drug-likeness (QED) is 0.361. The Morgan fingerprint density at radius 2 is 1.56 bits per heavy atom. The average Bonchev–Trinajstić information content (AvgIpc) is 3.16. The fourth-order valence-electron chi connectivity index (χ4n) is 4.89. The van der Waals surface area contributed by atoms with Gasteiger partial charge in [-0.3, -0.25) is 9.59 Å². The Morgan fingerprint density at radius 1 is 0.861 bits per heavy atom. The van der Waals surface area contributed by atoms with Gasteiger partial charge < -0.3 is 18.8 Å². The highest BCUT2D eigenvalue weighted by Gasteiger charge is 2.42. The van der Waals surface area contributed by atoms with Gasteiger partial charge in [0.05, 0.1) is 31.2 Å². The standard InChI is InChI=1S/C30H29NO5/c1-17-6-9-21(10-7-17)27-26-28(32)22-14-18(2)19(3)15-24(22)36-29(26)30(33)31(27)13-12-20-8-11-23(34-4)25(16-20)35-5/h6-11,14-16,27H,12-13H2,1-5H3/t27-/m1/s1. The summed E-state index contributed by atoms with van der Waals surface area (Å²) >= 11 is 0. The van der Waals surface area contributed by atoms with Crippen LogP contribution in [0.5, 0.6) is 11.5 Å². The van der Waals surface area contributed by atoms with Crippen molar-refractivity contribution in [2.75, 3.05) is 20.8 Å². The molecule has 0 fully saturated rings. The molecule has 1 aromatic heterocycles. The highest BCUT2D eigenvalue weighted by molar-refractivity contribution is 5.99. The number of carbonyl (C=O) groups is 1. The van der Waals surface area contributed by atoms with E-state index >= 15 is 0 Å². The lowest BCUT2D eigenvalue weighted by molar-refractivity contribution is 0.0730. The van der Waals surface area contributed by atoms with Crippen LogP contribution in [0.3, 0.4) is 0 Å². The van der Waals surface area contributed by atoms with Crippen LogP contribution in [0.15, 0.2) is 63.8 Å². The molecular formula is C30H29NO5. The molecule has 184 valence electrons.